The zero-order valence-corrected chi connectivity index (χ0v) is 14.5. The molecule has 0 spiro atoms. The van der Waals surface area contributed by atoms with Crippen molar-refractivity contribution in [2.75, 3.05) is 13.6 Å². The maximum absolute atomic E-state index is 12.8. The van der Waals surface area contributed by atoms with E-state index >= 15 is 0 Å². The van der Waals surface area contributed by atoms with E-state index in [0.717, 1.165) is 54.9 Å². The number of hydrogen-bond acceptors (Lipinski definition) is 4. The Morgan fingerprint density at radius 1 is 1.35 bits per heavy atom. The van der Waals surface area contributed by atoms with Crippen LogP contribution in [0, 0.1) is 6.92 Å². The summed E-state index contributed by atoms with van der Waals surface area (Å²) in [5, 5.41) is 8.45. The van der Waals surface area contributed by atoms with E-state index in [0.29, 0.717) is 11.6 Å². The van der Waals surface area contributed by atoms with E-state index in [1.54, 1.807) is 0 Å². The summed E-state index contributed by atoms with van der Waals surface area (Å²) in [4.78, 5) is 20.8. The van der Waals surface area contributed by atoms with Crippen molar-refractivity contribution in [1.82, 2.24) is 20.1 Å². The van der Waals surface area contributed by atoms with Crippen LogP contribution in [0.4, 0.5) is 0 Å². The number of hydrogen-bond donors (Lipinski definition) is 1. The van der Waals surface area contributed by atoms with Crippen molar-refractivity contribution in [3.8, 4) is 0 Å². The largest absolute Gasteiger partial charge is 0.340 e. The van der Waals surface area contributed by atoms with E-state index in [-0.39, 0.29) is 5.91 Å². The standard InChI is InChI=1S/C17H22N4OS/c1-10-18-15-11(5-3-8-14(15)23-10)9-21(2)17(22)16-12-6-4-7-13(12)19-20-16/h11H,3-9H2,1-2H3,(H,19,20)/t11-/m0/s1. The molecule has 23 heavy (non-hydrogen) atoms. The average Bonchev–Trinajstić information content (AvgIpc) is 3.20. The molecule has 0 unspecified atom stereocenters. The molecular weight excluding hydrogens is 308 g/mol. The summed E-state index contributed by atoms with van der Waals surface area (Å²) < 4.78 is 0. The van der Waals surface area contributed by atoms with Crippen molar-refractivity contribution in [3.63, 3.8) is 0 Å². The number of H-pyrrole nitrogens is 1. The highest BCUT2D eigenvalue weighted by Crippen LogP contribution is 2.35. The summed E-state index contributed by atoms with van der Waals surface area (Å²) in [7, 11) is 1.89. The van der Waals surface area contributed by atoms with E-state index in [4.69, 9.17) is 4.98 Å². The molecule has 0 aliphatic heterocycles. The second-order valence-electron chi connectivity index (χ2n) is 6.70. The van der Waals surface area contributed by atoms with Crippen LogP contribution in [0.1, 0.15) is 62.5 Å². The maximum atomic E-state index is 12.8. The quantitative estimate of drug-likeness (QED) is 0.941. The highest BCUT2D eigenvalue weighted by molar-refractivity contribution is 7.11. The molecule has 2 aromatic heterocycles. The molecule has 0 radical (unpaired) electrons. The number of aryl methyl sites for hydroxylation is 3. The van der Waals surface area contributed by atoms with Crippen LogP contribution in [0.15, 0.2) is 0 Å². The first-order valence-corrected chi connectivity index (χ1v) is 9.23. The van der Waals surface area contributed by atoms with Gasteiger partial charge in [-0.1, -0.05) is 0 Å². The zero-order valence-electron chi connectivity index (χ0n) is 13.7. The van der Waals surface area contributed by atoms with Crippen molar-refractivity contribution in [1.29, 1.82) is 0 Å². The Labute approximate surface area is 140 Å². The molecule has 122 valence electrons. The highest BCUT2D eigenvalue weighted by Gasteiger charge is 2.29. The minimum Gasteiger partial charge on any atom is -0.340 e. The summed E-state index contributed by atoms with van der Waals surface area (Å²) >= 11 is 1.81. The first kappa shape index (κ1) is 14.9. The van der Waals surface area contributed by atoms with Gasteiger partial charge in [0.25, 0.3) is 5.91 Å². The molecule has 0 aromatic carbocycles. The predicted octanol–water partition coefficient (Wildman–Crippen LogP) is 2.86. The van der Waals surface area contributed by atoms with Gasteiger partial charge >= 0.3 is 0 Å². The number of nitrogens with zero attached hydrogens (tertiary/aromatic N) is 3. The average molecular weight is 330 g/mol. The van der Waals surface area contributed by atoms with Gasteiger partial charge in [0, 0.05) is 35.6 Å². The number of carbonyl (C=O) groups excluding carboxylic acids is 1. The SMILES string of the molecule is Cc1nc2c(s1)CCC[C@H]2CN(C)C(=O)c1n[nH]c2c1CCC2. The lowest BCUT2D eigenvalue weighted by atomic mass is 9.90. The number of rotatable bonds is 3. The van der Waals surface area contributed by atoms with Crippen LogP contribution < -0.4 is 0 Å². The number of carbonyl (C=O) groups is 1. The van der Waals surface area contributed by atoms with Gasteiger partial charge in [-0.15, -0.1) is 11.3 Å². The number of thiazole rings is 1. The van der Waals surface area contributed by atoms with Crippen LogP contribution in [-0.4, -0.2) is 39.6 Å². The second-order valence-corrected chi connectivity index (χ2v) is 7.99. The number of likely N-dealkylation sites (N-methyl/N-ethyl adjacent to an activating group) is 1. The Balaban J connectivity index is 1.52. The minimum atomic E-state index is 0.0449. The van der Waals surface area contributed by atoms with Crippen LogP contribution >= 0.6 is 11.3 Å². The molecule has 1 amide bonds. The van der Waals surface area contributed by atoms with Crippen LogP contribution in [0.3, 0.4) is 0 Å². The van der Waals surface area contributed by atoms with E-state index in [9.17, 15) is 4.79 Å². The van der Waals surface area contributed by atoms with Gasteiger partial charge in [-0.3, -0.25) is 9.89 Å². The molecule has 5 nitrogen and oxygen atoms in total. The van der Waals surface area contributed by atoms with E-state index in [2.05, 4.69) is 17.1 Å². The van der Waals surface area contributed by atoms with Crippen LogP contribution in [0.2, 0.25) is 0 Å². The molecule has 0 fully saturated rings. The van der Waals surface area contributed by atoms with Gasteiger partial charge in [-0.05, 0) is 45.4 Å². The van der Waals surface area contributed by atoms with Crippen molar-refractivity contribution >= 4 is 17.2 Å². The lowest BCUT2D eigenvalue weighted by Crippen LogP contribution is -2.33. The summed E-state index contributed by atoms with van der Waals surface area (Å²) in [5.74, 6) is 0.410. The molecule has 1 atom stereocenters. The number of aromatic amines is 1. The molecule has 2 aromatic rings. The van der Waals surface area contributed by atoms with Crippen molar-refractivity contribution in [3.05, 3.63) is 32.5 Å². The molecule has 2 aliphatic carbocycles. The Morgan fingerprint density at radius 3 is 3.09 bits per heavy atom. The molecule has 2 aliphatic rings. The van der Waals surface area contributed by atoms with Gasteiger partial charge in [0.1, 0.15) is 0 Å². The Hall–Kier alpha value is -1.69. The van der Waals surface area contributed by atoms with Gasteiger partial charge in [-0.2, -0.15) is 5.10 Å². The van der Waals surface area contributed by atoms with Crippen molar-refractivity contribution in [2.45, 2.75) is 51.4 Å². The predicted molar refractivity (Wildman–Crippen MR) is 90.1 cm³/mol. The lowest BCUT2D eigenvalue weighted by Gasteiger charge is -2.26. The van der Waals surface area contributed by atoms with Gasteiger partial charge in [0.15, 0.2) is 5.69 Å². The second kappa shape index (κ2) is 5.74. The van der Waals surface area contributed by atoms with Crippen molar-refractivity contribution in [2.24, 2.45) is 0 Å². The third-order valence-corrected chi connectivity index (χ3v) is 6.07. The highest BCUT2D eigenvalue weighted by atomic mass is 32.1. The van der Waals surface area contributed by atoms with E-state index in [1.807, 2.05) is 23.3 Å². The Morgan fingerprint density at radius 2 is 2.22 bits per heavy atom. The molecule has 1 N–H and O–H groups in total. The normalized spacial score (nSPS) is 19.5. The number of amides is 1. The Bertz CT molecular complexity index is 748. The molecule has 0 saturated carbocycles. The summed E-state index contributed by atoms with van der Waals surface area (Å²) in [6.45, 7) is 2.80. The summed E-state index contributed by atoms with van der Waals surface area (Å²) in [5.41, 5.74) is 4.14. The number of fused-ring (bicyclic) bond motifs is 2. The minimum absolute atomic E-state index is 0.0449. The first-order chi connectivity index (χ1) is 11.1. The van der Waals surface area contributed by atoms with Gasteiger partial charge in [-0.25, -0.2) is 4.98 Å². The summed E-state index contributed by atoms with van der Waals surface area (Å²) in [6, 6.07) is 0. The third kappa shape index (κ3) is 2.59. The van der Waals surface area contributed by atoms with Crippen LogP contribution in [-0.2, 0) is 19.3 Å². The Kier molecular flexibility index (Phi) is 3.71. The maximum Gasteiger partial charge on any atom is 0.274 e. The van der Waals surface area contributed by atoms with Gasteiger partial charge in [0.2, 0.25) is 0 Å². The van der Waals surface area contributed by atoms with Gasteiger partial charge in [0.05, 0.1) is 10.7 Å². The first-order valence-electron chi connectivity index (χ1n) is 8.41. The number of nitrogens with one attached hydrogen (secondary N) is 1. The fraction of sp³-hybridized carbons (Fsp3) is 0.588. The fourth-order valence-corrected chi connectivity index (χ4v) is 4.96. The van der Waals surface area contributed by atoms with Crippen molar-refractivity contribution < 1.29 is 4.79 Å². The fourth-order valence-electron chi connectivity index (χ4n) is 3.90. The number of aromatic nitrogens is 3. The van der Waals surface area contributed by atoms with Crippen LogP contribution in [0.5, 0.6) is 0 Å². The van der Waals surface area contributed by atoms with E-state index in [1.165, 1.54) is 17.0 Å². The smallest absolute Gasteiger partial charge is 0.274 e. The molecular formula is C17H22N4OS. The third-order valence-electron chi connectivity index (χ3n) is 5.03. The van der Waals surface area contributed by atoms with E-state index < -0.39 is 0 Å². The molecule has 0 bridgehead atoms. The molecule has 2 heterocycles. The molecule has 4 rings (SSSR count). The zero-order chi connectivity index (χ0) is 16.0. The topological polar surface area (TPSA) is 61.9 Å². The molecule has 6 heteroatoms. The lowest BCUT2D eigenvalue weighted by molar-refractivity contribution is 0.0776. The monoisotopic (exact) mass is 330 g/mol. The summed E-state index contributed by atoms with van der Waals surface area (Å²) in [6.07, 6.45) is 6.56. The van der Waals surface area contributed by atoms with Gasteiger partial charge < -0.3 is 4.90 Å². The van der Waals surface area contributed by atoms with Crippen LogP contribution in [0.25, 0.3) is 0 Å². The molecule has 0 saturated heterocycles.